The number of hydrazine groups is 1. The number of unbranched alkanes of at least 4 members (excludes halogenated alkanes) is 3. The molecule has 0 saturated carbocycles. The van der Waals surface area contributed by atoms with E-state index in [2.05, 4.69) is 28.0 Å². The van der Waals surface area contributed by atoms with Crippen LogP contribution < -0.4 is 21.9 Å². The Labute approximate surface area is 356 Å². The van der Waals surface area contributed by atoms with Crippen LogP contribution in [0.4, 0.5) is 0 Å². The lowest BCUT2D eigenvalue weighted by Crippen LogP contribution is -2.58. The Hall–Kier alpha value is -3.92. The summed E-state index contributed by atoms with van der Waals surface area (Å²) in [7, 11) is 1.94. The molecule has 3 rings (SSSR count). The largest absolute Gasteiger partial charge is 0.455 e. The third kappa shape index (κ3) is 15.6. The van der Waals surface area contributed by atoms with Crippen molar-refractivity contribution in [3.8, 4) is 0 Å². The zero-order valence-electron chi connectivity index (χ0n) is 36.9. The number of hydrogen-bond donors (Lipinski definition) is 4. The summed E-state index contributed by atoms with van der Waals surface area (Å²) in [5.41, 5.74) is 4.44. The molecule has 2 aromatic rings. The number of carbonyl (C=O) groups is 5. The fourth-order valence-corrected chi connectivity index (χ4v) is 8.26. The van der Waals surface area contributed by atoms with Gasteiger partial charge in [0.2, 0.25) is 11.8 Å². The number of benzene rings is 1. The van der Waals surface area contributed by atoms with Gasteiger partial charge >= 0.3 is 5.97 Å². The molecule has 1 aromatic heterocycles. The molecule has 7 atom stereocenters. The Bertz CT molecular complexity index is 1640. The first-order valence-corrected chi connectivity index (χ1v) is 22.4. The second-order valence-electron chi connectivity index (χ2n) is 16.6. The van der Waals surface area contributed by atoms with Crippen LogP contribution in [0.3, 0.4) is 0 Å². The normalized spacial score (nSPS) is 17.6. The van der Waals surface area contributed by atoms with Gasteiger partial charge in [0.05, 0.1) is 18.7 Å². The minimum Gasteiger partial charge on any atom is -0.455 e. The molecule has 14 nitrogen and oxygen atoms in total. The van der Waals surface area contributed by atoms with Crippen molar-refractivity contribution < 1.29 is 33.5 Å². The first-order valence-electron chi connectivity index (χ1n) is 21.6. The Morgan fingerprint density at radius 1 is 1.00 bits per heavy atom. The first-order chi connectivity index (χ1) is 28.1. The highest BCUT2D eigenvalue weighted by molar-refractivity contribution is 7.09. The third-order valence-electron chi connectivity index (χ3n) is 11.3. The first kappa shape index (κ1) is 49.4. The molecule has 1 saturated heterocycles. The molecule has 0 unspecified atom stereocenters. The van der Waals surface area contributed by atoms with E-state index in [9.17, 15) is 24.0 Å². The van der Waals surface area contributed by atoms with Gasteiger partial charge in [-0.2, -0.15) is 0 Å². The number of hydroxylamine groups is 2. The van der Waals surface area contributed by atoms with Gasteiger partial charge in [0.25, 0.3) is 11.8 Å². The van der Waals surface area contributed by atoms with Crippen LogP contribution >= 0.6 is 11.3 Å². The molecule has 2 heterocycles. The van der Waals surface area contributed by atoms with Crippen LogP contribution in [-0.4, -0.2) is 88.9 Å². The highest BCUT2D eigenvalue weighted by Gasteiger charge is 2.40. The number of esters is 1. The Morgan fingerprint density at radius 2 is 1.71 bits per heavy atom. The Morgan fingerprint density at radius 3 is 2.32 bits per heavy atom. The van der Waals surface area contributed by atoms with E-state index in [0.29, 0.717) is 30.9 Å². The molecule has 330 valence electrons. The lowest BCUT2D eigenvalue weighted by atomic mass is 9.93. The molecule has 1 aliphatic rings. The van der Waals surface area contributed by atoms with E-state index >= 15 is 0 Å². The fraction of sp³-hybridized carbons (Fsp3) is 0.682. The molecule has 4 amide bonds. The summed E-state index contributed by atoms with van der Waals surface area (Å²) in [6.45, 7) is 16.2. The van der Waals surface area contributed by atoms with Crippen LogP contribution in [0.15, 0.2) is 29.6 Å². The SMILES string of the molecule is CCCCCCON(C(=O)[C@@H](NC(=O)[C@H]1CCCCN1C)[C@@H](C)CC)[C@H](C[C@@H](OC(C)=O)c1nc(C(=O)N[C@@H](Cc2ccc(C)cc2)C[C@H](C)C(=O)NN)cs1)C(C)C. The van der Waals surface area contributed by atoms with E-state index in [1.165, 1.54) is 23.3 Å². The van der Waals surface area contributed by atoms with E-state index in [0.717, 1.165) is 62.6 Å². The number of thiazole rings is 1. The molecule has 1 fully saturated rings. The molecule has 1 aromatic carbocycles. The molecular weight excluding hydrogens is 771 g/mol. The topological polar surface area (TPSA) is 185 Å². The number of rotatable bonds is 24. The minimum absolute atomic E-state index is 0.139. The van der Waals surface area contributed by atoms with Gasteiger partial charge < -0.3 is 15.4 Å². The molecule has 59 heavy (non-hydrogen) atoms. The predicted octanol–water partition coefficient (Wildman–Crippen LogP) is 6.18. The van der Waals surface area contributed by atoms with Crippen LogP contribution in [-0.2, 0) is 35.2 Å². The average Bonchev–Trinajstić information content (AvgIpc) is 3.71. The highest BCUT2D eigenvalue weighted by atomic mass is 32.1. The second kappa shape index (κ2) is 25.0. The summed E-state index contributed by atoms with van der Waals surface area (Å²) in [6.07, 6.45) is 7.18. The number of likely N-dealkylation sites (tertiary alicyclic amines) is 1. The minimum atomic E-state index is -0.908. The molecule has 0 spiro atoms. The molecular formula is C44H71N7O7S. The maximum Gasteiger partial charge on any atom is 0.303 e. The third-order valence-corrected chi connectivity index (χ3v) is 12.3. The number of amides is 4. The zero-order chi connectivity index (χ0) is 43.6. The van der Waals surface area contributed by atoms with Crippen molar-refractivity contribution in [2.24, 2.45) is 23.6 Å². The van der Waals surface area contributed by atoms with Gasteiger partial charge in [-0.3, -0.25) is 39.1 Å². The predicted molar refractivity (Wildman–Crippen MR) is 231 cm³/mol. The number of nitrogens with one attached hydrogen (secondary N) is 3. The zero-order valence-corrected chi connectivity index (χ0v) is 37.7. The molecule has 15 heteroatoms. The number of hydrogen-bond acceptors (Lipinski definition) is 11. The van der Waals surface area contributed by atoms with Gasteiger partial charge in [0.1, 0.15) is 16.7 Å². The van der Waals surface area contributed by atoms with Gasteiger partial charge in [-0.05, 0) is 70.0 Å². The van der Waals surface area contributed by atoms with E-state index in [1.54, 1.807) is 12.3 Å². The summed E-state index contributed by atoms with van der Waals surface area (Å²) in [4.78, 5) is 80.4. The van der Waals surface area contributed by atoms with E-state index < -0.39 is 42.0 Å². The van der Waals surface area contributed by atoms with Crippen molar-refractivity contribution in [2.75, 3.05) is 20.2 Å². The number of nitrogens with zero attached hydrogens (tertiary/aromatic N) is 3. The summed E-state index contributed by atoms with van der Waals surface area (Å²) in [5.74, 6) is 2.77. The standard InChI is InChI=1S/C44H71N7O7S/c1-10-12-13-16-23-57-51(44(56)39(30(6)11-2)48-42(55)36-17-14-15-22-50(36)9)37(28(3)4)26-38(58-32(8)52)43-47-35(27-59-43)41(54)46-34(24-31(7)40(53)49-45)25-33-20-18-29(5)19-21-33/h18-21,27-28,30-31,34,36-39H,10-17,22-26,45H2,1-9H3,(H,46,54)(H,48,55)(H,49,53)/t30-,31-,34+,36+,37+,38+,39-/m0/s1. The maximum atomic E-state index is 14.8. The molecule has 0 aliphatic carbocycles. The Balaban J connectivity index is 1.93. The van der Waals surface area contributed by atoms with Crippen LogP contribution in [0.1, 0.15) is 145 Å². The van der Waals surface area contributed by atoms with E-state index in [-0.39, 0.29) is 47.7 Å². The van der Waals surface area contributed by atoms with Crippen LogP contribution in [0, 0.1) is 24.7 Å². The summed E-state index contributed by atoms with van der Waals surface area (Å²) in [6, 6.07) is 5.83. The maximum absolute atomic E-state index is 14.8. The van der Waals surface area contributed by atoms with Crippen LogP contribution in [0.2, 0.25) is 0 Å². The van der Waals surface area contributed by atoms with E-state index in [4.69, 9.17) is 15.4 Å². The fourth-order valence-electron chi connectivity index (χ4n) is 7.43. The number of carbonyl (C=O) groups excluding carboxylic acids is 5. The average molecular weight is 842 g/mol. The van der Waals surface area contributed by atoms with Crippen molar-refractivity contribution >= 4 is 40.9 Å². The van der Waals surface area contributed by atoms with Gasteiger partial charge in [0.15, 0.2) is 6.10 Å². The van der Waals surface area contributed by atoms with Crippen molar-refractivity contribution in [3.05, 3.63) is 51.5 Å². The number of aromatic nitrogens is 1. The molecule has 0 bridgehead atoms. The Kier molecular flexibility index (Phi) is 20.9. The van der Waals surface area contributed by atoms with Gasteiger partial charge in [-0.15, -0.1) is 11.3 Å². The van der Waals surface area contributed by atoms with Crippen LogP contribution in [0.25, 0.3) is 0 Å². The van der Waals surface area contributed by atoms with Crippen molar-refractivity contribution in [3.63, 3.8) is 0 Å². The highest BCUT2D eigenvalue weighted by Crippen LogP contribution is 2.32. The summed E-state index contributed by atoms with van der Waals surface area (Å²) in [5, 5.41) is 9.62. The number of aryl methyl sites for hydroxylation is 1. The number of piperidine rings is 1. The van der Waals surface area contributed by atoms with Crippen molar-refractivity contribution in [1.29, 1.82) is 0 Å². The van der Waals surface area contributed by atoms with Crippen molar-refractivity contribution in [2.45, 2.75) is 156 Å². The van der Waals surface area contributed by atoms with Crippen LogP contribution in [0.5, 0.6) is 0 Å². The second-order valence-corrected chi connectivity index (χ2v) is 17.5. The van der Waals surface area contributed by atoms with Crippen molar-refractivity contribution in [1.82, 2.24) is 31.0 Å². The number of likely N-dealkylation sites (N-methyl/N-ethyl adjacent to an activating group) is 1. The van der Waals surface area contributed by atoms with Gasteiger partial charge in [-0.25, -0.2) is 15.9 Å². The monoisotopic (exact) mass is 842 g/mol. The summed E-state index contributed by atoms with van der Waals surface area (Å²) >= 11 is 1.19. The smallest absolute Gasteiger partial charge is 0.303 e. The summed E-state index contributed by atoms with van der Waals surface area (Å²) < 4.78 is 5.90. The molecule has 5 N–H and O–H groups in total. The van der Waals surface area contributed by atoms with Gasteiger partial charge in [0, 0.05) is 30.7 Å². The lowest BCUT2D eigenvalue weighted by molar-refractivity contribution is -0.213. The quantitative estimate of drug-likeness (QED) is 0.0313. The molecule has 1 aliphatic heterocycles. The number of ether oxygens (including phenoxy) is 1. The lowest BCUT2D eigenvalue weighted by Gasteiger charge is -2.39. The van der Waals surface area contributed by atoms with E-state index in [1.807, 2.05) is 70.8 Å². The molecule has 0 radical (unpaired) electrons. The van der Waals surface area contributed by atoms with Gasteiger partial charge in [-0.1, -0.05) is 103 Å². The number of nitrogens with two attached hydrogens (primary N) is 1.